The number of aliphatic hydroxyl groups is 2. The van der Waals surface area contributed by atoms with Crippen LogP contribution in [0.5, 0.6) is 0 Å². The van der Waals surface area contributed by atoms with Crippen LogP contribution in [0.4, 0.5) is 14.5 Å². The van der Waals surface area contributed by atoms with Crippen LogP contribution >= 0.6 is 23.4 Å². The quantitative estimate of drug-likeness (QED) is 0.270. The molecule has 0 fully saturated rings. The molecule has 3 N–H and O–H groups in total. The number of nitrogens with zero attached hydrogens (tertiary/aromatic N) is 2. The maximum atomic E-state index is 13.5. The Labute approximate surface area is 218 Å². The van der Waals surface area contributed by atoms with Crippen molar-refractivity contribution in [3.05, 3.63) is 77.1 Å². The Bertz CT molecular complexity index is 1180. The summed E-state index contributed by atoms with van der Waals surface area (Å²) in [5.74, 6) is -2.78. The van der Waals surface area contributed by atoms with Gasteiger partial charge in [-0.2, -0.15) is 5.10 Å². The summed E-state index contributed by atoms with van der Waals surface area (Å²) >= 11 is 7.90. The number of carbonyl (C=O) groups is 1. The predicted molar refractivity (Wildman–Crippen MR) is 138 cm³/mol. The van der Waals surface area contributed by atoms with Crippen LogP contribution in [-0.4, -0.2) is 42.9 Å². The van der Waals surface area contributed by atoms with E-state index in [4.69, 9.17) is 11.6 Å². The number of thioether (sulfide) groups is 1. The van der Waals surface area contributed by atoms with Gasteiger partial charge in [0.2, 0.25) is 0 Å². The Hall–Kier alpha value is -2.46. The molecule has 2 aromatic carbocycles. The van der Waals surface area contributed by atoms with Gasteiger partial charge < -0.3 is 15.5 Å². The second-order valence-electron chi connectivity index (χ2n) is 8.98. The van der Waals surface area contributed by atoms with E-state index in [9.17, 15) is 23.8 Å². The topological polar surface area (TPSA) is 87.4 Å². The molecule has 0 aliphatic heterocycles. The van der Waals surface area contributed by atoms with Gasteiger partial charge in [-0.15, -0.1) is 11.8 Å². The molecule has 0 saturated carbocycles. The average molecular weight is 538 g/mol. The SMILES string of the molecule is CCC(CC(C)C(C)(O)C(O)Cn1cccn1)Sc1cc(C(=O)Nc2ccc(F)c(F)c2)ccc1Cl. The molecule has 10 heteroatoms. The summed E-state index contributed by atoms with van der Waals surface area (Å²) < 4.78 is 28.2. The van der Waals surface area contributed by atoms with E-state index in [1.807, 2.05) is 13.8 Å². The third-order valence-corrected chi connectivity index (χ3v) is 8.22. The number of carbonyl (C=O) groups excluding carboxylic acids is 1. The molecule has 0 bridgehead atoms. The molecule has 0 saturated heterocycles. The fourth-order valence-electron chi connectivity index (χ4n) is 3.72. The molecule has 0 spiro atoms. The molecule has 1 aromatic heterocycles. The molecular weight excluding hydrogens is 508 g/mol. The summed E-state index contributed by atoms with van der Waals surface area (Å²) in [5.41, 5.74) is -0.897. The molecule has 0 aliphatic rings. The van der Waals surface area contributed by atoms with Crippen LogP contribution in [0, 0.1) is 17.6 Å². The molecule has 6 nitrogen and oxygen atoms in total. The summed E-state index contributed by atoms with van der Waals surface area (Å²) in [5, 5.41) is 28.9. The first kappa shape index (κ1) is 28.1. The Morgan fingerprint density at radius 2 is 2.00 bits per heavy atom. The second kappa shape index (κ2) is 12.2. The van der Waals surface area contributed by atoms with Crippen LogP contribution < -0.4 is 5.32 Å². The Kier molecular flexibility index (Phi) is 9.52. The van der Waals surface area contributed by atoms with E-state index < -0.39 is 29.2 Å². The first-order valence-electron chi connectivity index (χ1n) is 11.6. The van der Waals surface area contributed by atoms with Gasteiger partial charge in [0, 0.05) is 39.9 Å². The normalized spacial score (nSPS) is 15.7. The molecule has 0 radical (unpaired) electrons. The Morgan fingerprint density at radius 1 is 1.25 bits per heavy atom. The van der Waals surface area contributed by atoms with Gasteiger partial charge in [-0.3, -0.25) is 9.48 Å². The number of benzene rings is 2. The maximum Gasteiger partial charge on any atom is 0.255 e. The van der Waals surface area contributed by atoms with Gasteiger partial charge >= 0.3 is 0 Å². The molecule has 36 heavy (non-hydrogen) atoms. The van der Waals surface area contributed by atoms with Crippen LogP contribution in [0.3, 0.4) is 0 Å². The van der Waals surface area contributed by atoms with E-state index >= 15 is 0 Å². The van der Waals surface area contributed by atoms with Crippen LogP contribution in [0.15, 0.2) is 59.8 Å². The lowest BCUT2D eigenvalue weighted by molar-refractivity contribution is -0.105. The molecule has 3 aromatic rings. The third kappa shape index (κ3) is 7.06. The van der Waals surface area contributed by atoms with E-state index in [1.54, 1.807) is 48.3 Å². The first-order chi connectivity index (χ1) is 17.0. The van der Waals surface area contributed by atoms with Crippen molar-refractivity contribution in [2.24, 2.45) is 5.92 Å². The molecule has 3 rings (SSSR count). The first-order valence-corrected chi connectivity index (χ1v) is 12.9. The lowest BCUT2D eigenvalue weighted by Gasteiger charge is -2.36. The highest BCUT2D eigenvalue weighted by Gasteiger charge is 2.37. The minimum absolute atomic E-state index is 0.0467. The van der Waals surface area contributed by atoms with Crippen molar-refractivity contribution in [1.29, 1.82) is 0 Å². The van der Waals surface area contributed by atoms with Crippen LogP contribution in [0.1, 0.15) is 44.0 Å². The van der Waals surface area contributed by atoms with E-state index in [0.717, 1.165) is 18.6 Å². The van der Waals surface area contributed by atoms with E-state index in [0.29, 0.717) is 21.9 Å². The molecule has 0 aliphatic carbocycles. The van der Waals surface area contributed by atoms with Gasteiger partial charge in [0.15, 0.2) is 11.6 Å². The predicted octanol–water partition coefficient (Wildman–Crippen LogP) is 5.78. The number of hydrogen-bond donors (Lipinski definition) is 3. The lowest BCUT2D eigenvalue weighted by atomic mass is 9.82. The van der Waals surface area contributed by atoms with Crippen LogP contribution in [0.25, 0.3) is 0 Å². The minimum Gasteiger partial charge on any atom is -0.388 e. The summed E-state index contributed by atoms with van der Waals surface area (Å²) in [6, 6.07) is 9.72. The zero-order valence-electron chi connectivity index (χ0n) is 20.3. The van der Waals surface area contributed by atoms with Crippen molar-refractivity contribution in [3.8, 4) is 0 Å². The number of halogens is 3. The smallest absolute Gasteiger partial charge is 0.255 e. The monoisotopic (exact) mass is 537 g/mol. The van der Waals surface area contributed by atoms with Crippen molar-refractivity contribution in [2.45, 2.75) is 62.0 Å². The second-order valence-corrected chi connectivity index (χ2v) is 10.7. The number of aromatic nitrogens is 2. The van der Waals surface area contributed by atoms with Gasteiger partial charge in [-0.05, 0) is 62.1 Å². The number of amides is 1. The number of rotatable bonds is 11. The maximum absolute atomic E-state index is 13.5. The number of aliphatic hydroxyl groups excluding tert-OH is 1. The van der Waals surface area contributed by atoms with Crippen LogP contribution in [0.2, 0.25) is 5.02 Å². The summed E-state index contributed by atoms with van der Waals surface area (Å²) in [6.07, 6.45) is 3.69. The molecule has 4 atom stereocenters. The zero-order valence-corrected chi connectivity index (χ0v) is 21.9. The minimum atomic E-state index is -1.35. The summed E-state index contributed by atoms with van der Waals surface area (Å²) in [4.78, 5) is 13.4. The fraction of sp³-hybridized carbons (Fsp3) is 0.385. The fourth-order valence-corrected chi connectivity index (χ4v) is 5.26. The molecule has 4 unspecified atom stereocenters. The highest BCUT2D eigenvalue weighted by Crippen LogP contribution is 2.38. The third-order valence-electron chi connectivity index (χ3n) is 6.33. The standard InChI is InChI=1S/C26H30ClF2N3O3S/c1-4-19(12-16(2)26(3,35)24(33)15-32-11-5-10-30-32)36-23-13-17(6-8-20(23)27)25(34)31-18-7-9-21(28)22(29)14-18/h5-11,13-14,16,19,24,33,35H,4,12,15H2,1-3H3,(H,31,34). The molecule has 1 amide bonds. The zero-order chi connectivity index (χ0) is 26.5. The number of nitrogens with one attached hydrogen (secondary N) is 1. The van der Waals surface area contributed by atoms with Crippen molar-refractivity contribution in [3.63, 3.8) is 0 Å². The van der Waals surface area contributed by atoms with E-state index in [2.05, 4.69) is 10.4 Å². The highest BCUT2D eigenvalue weighted by atomic mass is 35.5. The number of anilines is 1. The Balaban J connectivity index is 1.68. The van der Waals surface area contributed by atoms with Crippen molar-refractivity contribution >= 4 is 35.0 Å². The van der Waals surface area contributed by atoms with Crippen molar-refractivity contribution in [1.82, 2.24) is 9.78 Å². The van der Waals surface area contributed by atoms with Crippen LogP contribution in [-0.2, 0) is 6.54 Å². The van der Waals surface area contributed by atoms with Gasteiger partial charge in [-0.25, -0.2) is 8.78 Å². The average Bonchev–Trinajstić information content (AvgIpc) is 3.35. The molecule has 1 heterocycles. The van der Waals surface area contributed by atoms with Gasteiger partial charge in [-0.1, -0.05) is 25.4 Å². The van der Waals surface area contributed by atoms with Gasteiger partial charge in [0.1, 0.15) is 6.10 Å². The summed E-state index contributed by atoms with van der Waals surface area (Å²) in [6.45, 7) is 5.71. The Morgan fingerprint density at radius 3 is 2.64 bits per heavy atom. The molecular formula is C26H30ClF2N3O3S. The molecule has 194 valence electrons. The number of hydrogen-bond acceptors (Lipinski definition) is 5. The summed E-state index contributed by atoms with van der Waals surface area (Å²) in [7, 11) is 0. The van der Waals surface area contributed by atoms with Crippen molar-refractivity contribution < 1.29 is 23.8 Å². The van der Waals surface area contributed by atoms with E-state index in [1.165, 1.54) is 17.8 Å². The van der Waals surface area contributed by atoms with Gasteiger partial charge in [0.05, 0.1) is 17.2 Å². The highest BCUT2D eigenvalue weighted by molar-refractivity contribution is 8.00. The van der Waals surface area contributed by atoms with Crippen molar-refractivity contribution in [2.75, 3.05) is 5.32 Å². The lowest BCUT2D eigenvalue weighted by Crippen LogP contribution is -2.48. The largest absolute Gasteiger partial charge is 0.388 e. The van der Waals surface area contributed by atoms with E-state index in [-0.39, 0.29) is 23.4 Å². The van der Waals surface area contributed by atoms with Gasteiger partial charge in [0.25, 0.3) is 5.91 Å².